The Hall–Kier alpha value is -1.01. The summed E-state index contributed by atoms with van der Waals surface area (Å²) >= 11 is 0. The minimum atomic E-state index is -3.81. The van der Waals surface area contributed by atoms with Gasteiger partial charge < -0.3 is 0 Å². The molecule has 0 aliphatic rings. The monoisotopic (exact) mass is 305 g/mol. The van der Waals surface area contributed by atoms with Crippen molar-refractivity contribution < 1.29 is 17.2 Å². The maximum Gasteiger partial charge on any atom is 0.240 e. The van der Waals surface area contributed by atoms with Gasteiger partial charge in [-0.15, -0.1) is 0 Å². The van der Waals surface area contributed by atoms with E-state index in [-0.39, 0.29) is 10.9 Å². The molecule has 0 bridgehead atoms. The Morgan fingerprint density at radius 1 is 1.10 bits per heavy atom. The largest absolute Gasteiger partial charge is 0.240 e. The fourth-order valence-corrected chi connectivity index (χ4v) is 3.16. The van der Waals surface area contributed by atoms with Crippen molar-refractivity contribution in [2.45, 2.75) is 51.0 Å². The first kappa shape index (κ1) is 17.0. The molecule has 0 radical (unpaired) electrons. The Labute approximate surface area is 119 Å². The number of hydrogen-bond acceptors (Lipinski definition) is 2. The summed E-state index contributed by atoms with van der Waals surface area (Å²) in [6.45, 7) is 5.98. The van der Waals surface area contributed by atoms with Gasteiger partial charge in [0.05, 0.1) is 4.90 Å². The second kappa shape index (κ2) is 7.13. The van der Waals surface area contributed by atoms with Gasteiger partial charge in [-0.1, -0.05) is 26.7 Å². The lowest BCUT2D eigenvalue weighted by Gasteiger charge is -2.15. The summed E-state index contributed by atoms with van der Waals surface area (Å²) in [4.78, 5) is -0.257. The van der Waals surface area contributed by atoms with Crippen LogP contribution in [0, 0.1) is 17.6 Å². The van der Waals surface area contributed by atoms with Crippen molar-refractivity contribution in [2.75, 3.05) is 0 Å². The van der Waals surface area contributed by atoms with Crippen LogP contribution in [0.25, 0.3) is 0 Å². The number of rotatable bonds is 7. The third kappa shape index (κ3) is 5.17. The summed E-state index contributed by atoms with van der Waals surface area (Å²) in [5, 5.41) is 0. The van der Waals surface area contributed by atoms with Gasteiger partial charge >= 0.3 is 0 Å². The van der Waals surface area contributed by atoms with Crippen molar-refractivity contribution in [3.63, 3.8) is 0 Å². The number of hydrogen-bond donors (Lipinski definition) is 1. The van der Waals surface area contributed by atoms with Crippen LogP contribution in [0.4, 0.5) is 8.78 Å². The van der Waals surface area contributed by atoms with E-state index < -0.39 is 21.7 Å². The fourth-order valence-electron chi connectivity index (χ4n) is 1.87. The molecular formula is C14H21F2NO2S. The lowest BCUT2D eigenvalue weighted by atomic mass is 10.0. The summed E-state index contributed by atoms with van der Waals surface area (Å²) in [6.07, 6.45) is 2.65. The van der Waals surface area contributed by atoms with Gasteiger partial charge in [0.2, 0.25) is 10.0 Å². The highest BCUT2D eigenvalue weighted by Gasteiger charge is 2.19. The van der Waals surface area contributed by atoms with E-state index in [2.05, 4.69) is 18.6 Å². The average Bonchev–Trinajstić information content (AvgIpc) is 2.31. The molecule has 1 N–H and O–H groups in total. The van der Waals surface area contributed by atoms with E-state index in [1.807, 2.05) is 0 Å². The molecule has 0 amide bonds. The van der Waals surface area contributed by atoms with Crippen LogP contribution >= 0.6 is 0 Å². The first-order valence-electron chi connectivity index (χ1n) is 6.69. The van der Waals surface area contributed by atoms with Gasteiger partial charge in [0.15, 0.2) is 11.6 Å². The van der Waals surface area contributed by atoms with Crippen LogP contribution in [0.1, 0.15) is 40.0 Å². The van der Waals surface area contributed by atoms with Gasteiger partial charge in [-0.05, 0) is 37.5 Å². The maximum atomic E-state index is 13.1. The van der Waals surface area contributed by atoms with Gasteiger partial charge in [-0.2, -0.15) is 0 Å². The summed E-state index contributed by atoms with van der Waals surface area (Å²) in [7, 11) is -3.81. The second-order valence-corrected chi connectivity index (χ2v) is 7.14. The van der Waals surface area contributed by atoms with Crippen LogP contribution < -0.4 is 4.72 Å². The molecule has 6 heteroatoms. The van der Waals surface area contributed by atoms with Gasteiger partial charge in [0.25, 0.3) is 0 Å². The van der Waals surface area contributed by atoms with Gasteiger partial charge in [-0.3, -0.25) is 0 Å². The molecular weight excluding hydrogens is 284 g/mol. The molecule has 1 aromatic carbocycles. The Morgan fingerprint density at radius 2 is 1.75 bits per heavy atom. The number of halogens is 2. The van der Waals surface area contributed by atoms with Crippen molar-refractivity contribution in [2.24, 2.45) is 5.92 Å². The lowest BCUT2D eigenvalue weighted by molar-refractivity contribution is 0.486. The third-order valence-corrected chi connectivity index (χ3v) is 4.56. The van der Waals surface area contributed by atoms with Gasteiger partial charge in [0.1, 0.15) is 0 Å². The summed E-state index contributed by atoms with van der Waals surface area (Å²) < 4.78 is 52.4. The van der Waals surface area contributed by atoms with E-state index >= 15 is 0 Å². The molecule has 0 aromatic heterocycles. The van der Waals surface area contributed by atoms with Gasteiger partial charge in [0, 0.05) is 6.04 Å². The first-order valence-corrected chi connectivity index (χ1v) is 8.18. The molecule has 1 unspecified atom stereocenters. The second-order valence-electron chi connectivity index (χ2n) is 5.42. The van der Waals surface area contributed by atoms with Crippen molar-refractivity contribution >= 4 is 10.0 Å². The van der Waals surface area contributed by atoms with Crippen LogP contribution in [0.2, 0.25) is 0 Å². The Balaban J connectivity index is 2.67. The topological polar surface area (TPSA) is 46.2 Å². The molecule has 0 saturated heterocycles. The molecule has 0 fully saturated rings. The SMILES string of the molecule is CC(C)CCCC(C)NS(=O)(=O)c1ccc(F)c(F)c1. The lowest BCUT2D eigenvalue weighted by Crippen LogP contribution is -2.32. The smallest absolute Gasteiger partial charge is 0.208 e. The van der Waals surface area contributed by atoms with E-state index in [0.29, 0.717) is 18.4 Å². The highest BCUT2D eigenvalue weighted by Crippen LogP contribution is 2.15. The zero-order valence-electron chi connectivity index (χ0n) is 12.0. The van der Waals surface area contributed by atoms with Crippen molar-refractivity contribution in [3.05, 3.63) is 29.8 Å². The molecule has 3 nitrogen and oxygen atoms in total. The van der Waals surface area contributed by atoms with E-state index in [9.17, 15) is 17.2 Å². The minimum Gasteiger partial charge on any atom is -0.208 e. The maximum absolute atomic E-state index is 13.1. The zero-order valence-corrected chi connectivity index (χ0v) is 12.8. The molecule has 0 spiro atoms. The average molecular weight is 305 g/mol. The normalized spacial score (nSPS) is 13.7. The van der Waals surface area contributed by atoms with E-state index in [1.165, 1.54) is 0 Å². The molecule has 1 rings (SSSR count). The molecule has 1 aromatic rings. The summed E-state index contributed by atoms with van der Waals surface area (Å²) in [5.41, 5.74) is 0. The Kier molecular flexibility index (Phi) is 6.07. The third-order valence-electron chi connectivity index (χ3n) is 2.98. The molecule has 0 aliphatic heterocycles. The Morgan fingerprint density at radius 3 is 2.30 bits per heavy atom. The van der Waals surface area contributed by atoms with Crippen LogP contribution in [0.5, 0.6) is 0 Å². The van der Waals surface area contributed by atoms with E-state index in [4.69, 9.17) is 0 Å². The van der Waals surface area contributed by atoms with Crippen LogP contribution in [-0.4, -0.2) is 14.5 Å². The van der Waals surface area contributed by atoms with Crippen molar-refractivity contribution in [3.8, 4) is 0 Å². The number of sulfonamides is 1. The molecule has 0 saturated carbocycles. The quantitative estimate of drug-likeness (QED) is 0.838. The van der Waals surface area contributed by atoms with Crippen molar-refractivity contribution in [1.82, 2.24) is 4.72 Å². The van der Waals surface area contributed by atoms with E-state index in [1.54, 1.807) is 6.92 Å². The molecule has 1 atom stereocenters. The molecule has 114 valence electrons. The number of nitrogens with one attached hydrogen (secondary N) is 1. The molecule has 20 heavy (non-hydrogen) atoms. The standard InChI is InChI=1S/C14H21F2NO2S/c1-10(2)5-4-6-11(3)17-20(18,19)12-7-8-13(15)14(16)9-12/h7-11,17H,4-6H2,1-3H3. The van der Waals surface area contributed by atoms with Gasteiger partial charge in [-0.25, -0.2) is 21.9 Å². The van der Waals surface area contributed by atoms with E-state index in [0.717, 1.165) is 25.0 Å². The van der Waals surface area contributed by atoms with Crippen LogP contribution in [0.3, 0.4) is 0 Å². The Bertz CT molecular complexity index is 544. The number of benzene rings is 1. The fraction of sp³-hybridized carbons (Fsp3) is 0.571. The highest BCUT2D eigenvalue weighted by atomic mass is 32.2. The zero-order chi connectivity index (χ0) is 15.3. The predicted octanol–water partition coefficient (Wildman–Crippen LogP) is 3.46. The molecule has 0 heterocycles. The first-order chi connectivity index (χ1) is 9.22. The molecule has 0 aliphatic carbocycles. The minimum absolute atomic E-state index is 0.244. The van der Waals surface area contributed by atoms with Crippen LogP contribution in [-0.2, 0) is 10.0 Å². The van der Waals surface area contributed by atoms with Crippen molar-refractivity contribution in [1.29, 1.82) is 0 Å². The van der Waals surface area contributed by atoms with Crippen LogP contribution in [0.15, 0.2) is 23.1 Å². The summed E-state index contributed by atoms with van der Waals surface area (Å²) in [5.74, 6) is -1.65. The predicted molar refractivity (Wildman–Crippen MR) is 74.8 cm³/mol. The summed E-state index contributed by atoms with van der Waals surface area (Å²) in [6, 6.07) is 2.32. The highest BCUT2D eigenvalue weighted by molar-refractivity contribution is 7.89.